The van der Waals surface area contributed by atoms with Gasteiger partial charge < -0.3 is 15.0 Å². The molecule has 1 fully saturated rings. The zero-order valence-corrected chi connectivity index (χ0v) is 16.2. The fraction of sp³-hybridized carbons (Fsp3) is 0.391. The molecule has 0 radical (unpaired) electrons. The fourth-order valence-electron chi connectivity index (χ4n) is 5.16. The number of hydrogen-bond donors (Lipinski definition) is 2. The van der Waals surface area contributed by atoms with Crippen LogP contribution in [0.4, 0.5) is 4.39 Å². The summed E-state index contributed by atoms with van der Waals surface area (Å²) < 4.78 is 19.7. The fourth-order valence-corrected chi connectivity index (χ4v) is 5.16. The molecule has 3 aromatic rings. The molecule has 2 N–H and O–H groups in total. The normalized spacial score (nSPS) is 19.1. The molecular formula is C23H26FN3O. The van der Waals surface area contributed by atoms with Gasteiger partial charge in [-0.1, -0.05) is 18.2 Å². The molecule has 0 bridgehead atoms. The average molecular weight is 379 g/mol. The Balaban J connectivity index is 1.58. The second-order valence-corrected chi connectivity index (χ2v) is 8.16. The lowest BCUT2D eigenvalue weighted by Crippen LogP contribution is -2.50. The zero-order chi connectivity index (χ0) is 19.1. The number of methoxy groups -OCH3 is 1. The number of aromatic nitrogens is 1. The molecule has 0 saturated carbocycles. The number of nitrogens with zero attached hydrogens (tertiary/aromatic N) is 1. The quantitative estimate of drug-likeness (QED) is 0.724. The third-order valence-electron chi connectivity index (χ3n) is 6.43. The molecule has 5 heteroatoms. The summed E-state index contributed by atoms with van der Waals surface area (Å²) in [5.41, 5.74) is 4.75. The summed E-state index contributed by atoms with van der Waals surface area (Å²) in [5.74, 6) is 0.753. The van der Waals surface area contributed by atoms with Gasteiger partial charge in [0.2, 0.25) is 0 Å². The number of halogens is 1. The van der Waals surface area contributed by atoms with Crippen LogP contribution in [0.3, 0.4) is 0 Å². The number of ether oxygens (including phenoxy) is 1. The Kier molecular flexibility index (Phi) is 4.37. The maximum atomic E-state index is 14.3. The largest absolute Gasteiger partial charge is 0.497 e. The van der Waals surface area contributed by atoms with Gasteiger partial charge in [0.15, 0.2) is 0 Å². The Morgan fingerprint density at radius 2 is 1.96 bits per heavy atom. The minimum atomic E-state index is -0.117. The van der Waals surface area contributed by atoms with E-state index in [1.165, 1.54) is 16.6 Å². The molecule has 3 heterocycles. The minimum absolute atomic E-state index is 0.108. The summed E-state index contributed by atoms with van der Waals surface area (Å²) in [7, 11) is 1.70. The first kappa shape index (κ1) is 17.7. The SMILES string of the molecule is COc1ccc2c3c([nH]c2c1)CN(Cc1ccccc1F)CC31CCNCC1. The van der Waals surface area contributed by atoms with Crippen LogP contribution in [0.2, 0.25) is 0 Å². The van der Waals surface area contributed by atoms with E-state index in [1.54, 1.807) is 19.2 Å². The Bertz CT molecular complexity index is 1010. The van der Waals surface area contributed by atoms with Crippen LogP contribution in [-0.2, 0) is 18.5 Å². The van der Waals surface area contributed by atoms with Crippen LogP contribution in [-0.4, -0.2) is 36.6 Å². The predicted octanol–water partition coefficient (Wildman–Crippen LogP) is 3.95. The molecule has 1 saturated heterocycles. The molecule has 28 heavy (non-hydrogen) atoms. The molecule has 5 rings (SSSR count). The van der Waals surface area contributed by atoms with Crippen LogP contribution in [0.5, 0.6) is 5.75 Å². The van der Waals surface area contributed by atoms with E-state index in [9.17, 15) is 4.39 Å². The molecule has 0 amide bonds. The minimum Gasteiger partial charge on any atom is -0.497 e. The lowest BCUT2D eigenvalue weighted by Gasteiger charge is -2.45. The van der Waals surface area contributed by atoms with Gasteiger partial charge in [0, 0.05) is 53.3 Å². The van der Waals surface area contributed by atoms with Crippen LogP contribution in [0, 0.1) is 5.82 Å². The molecule has 1 spiro atoms. The lowest BCUT2D eigenvalue weighted by atomic mass is 9.69. The molecule has 1 aromatic heterocycles. The van der Waals surface area contributed by atoms with Gasteiger partial charge in [-0.15, -0.1) is 0 Å². The molecule has 0 aliphatic carbocycles. The van der Waals surface area contributed by atoms with Crippen molar-refractivity contribution in [3.05, 3.63) is 65.1 Å². The van der Waals surface area contributed by atoms with Crippen molar-refractivity contribution in [3.8, 4) is 5.75 Å². The number of nitrogens with one attached hydrogen (secondary N) is 2. The Morgan fingerprint density at radius 1 is 1.14 bits per heavy atom. The number of rotatable bonds is 3. The van der Waals surface area contributed by atoms with E-state index >= 15 is 0 Å². The van der Waals surface area contributed by atoms with E-state index in [-0.39, 0.29) is 11.2 Å². The Hall–Kier alpha value is -2.37. The summed E-state index contributed by atoms with van der Waals surface area (Å²) >= 11 is 0. The van der Waals surface area contributed by atoms with Crippen molar-refractivity contribution < 1.29 is 9.13 Å². The Morgan fingerprint density at radius 3 is 2.75 bits per heavy atom. The molecule has 2 aliphatic rings. The lowest BCUT2D eigenvalue weighted by molar-refractivity contribution is 0.139. The van der Waals surface area contributed by atoms with E-state index in [2.05, 4.69) is 33.4 Å². The number of piperidine rings is 1. The van der Waals surface area contributed by atoms with Crippen LogP contribution in [0.25, 0.3) is 10.9 Å². The average Bonchev–Trinajstić information content (AvgIpc) is 3.08. The number of aromatic amines is 1. The molecule has 0 atom stereocenters. The highest BCUT2D eigenvalue weighted by molar-refractivity contribution is 5.87. The van der Waals surface area contributed by atoms with E-state index in [1.807, 2.05) is 12.1 Å². The number of hydrogen-bond acceptors (Lipinski definition) is 3. The molecule has 146 valence electrons. The molecular weight excluding hydrogens is 353 g/mol. The third kappa shape index (κ3) is 2.90. The third-order valence-corrected chi connectivity index (χ3v) is 6.43. The summed E-state index contributed by atoms with van der Waals surface area (Å²) in [6, 6.07) is 13.5. The summed E-state index contributed by atoms with van der Waals surface area (Å²) in [6.45, 7) is 4.47. The maximum absolute atomic E-state index is 14.3. The maximum Gasteiger partial charge on any atom is 0.127 e. The second kappa shape index (κ2) is 6.90. The predicted molar refractivity (Wildman–Crippen MR) is 109 cm³/mol. The Labute approximate surface area is 164 Å². The molecule has 0 unspecified atom stereocenters. The van der Waals surface area contributed by atoms with Crippen molar-refractivity contribution in [2.75, 3.05) is 26.7 Å². The van der Waals surface area contributed by atoms with Crippen molar-refractivity contribution in [2.24, 2.45) is 0 Å². The summed E-state index contributed by atoms with van der Waals surface area (Å²) in [6.07, 6.45) is 2.21. The summed E-state index contributed by atoms with van der Waals surface area (Å²) in [4.78, 5) is 6.06. The first-order valence-corrected chi connectivity index (χ1v) is 10.0. The van der Waals surface area contributed by atoms with Crippen molar-refractivity contribution in [1.29, 1.82) is 0 Å². The van der Waals surface area contributed by atoms with Gasteiger partial charge in [-0.05, 0) is 49.7 Å². The standard InChI is InChI=1S/C23H26FN3O/c1-28-17-6-7-18-20(12-17)26-21-14-27(13-16-4-2-3-5-19(16)24)15-23(22(18)21)8-10-25-11-9-23/h2-7,12,25-26H,8-11,13-15H2,1H3. The molecule has 4 nitrogen and oxygen atoms in total. The van der Waals surface area contributed by atoms with Gasteiger partial charge in [-0.2, -0.15) is 0 Å². The first-order chi connectivity index (χ1) is 13.7. The van der Waals surface area contributed by atoms with E-state index in [0.717, 1.165) is 55.9 Å². The van der Waals surface area contributed by atoms with E-state index < -0.39 is 0 Å². The van der Waals surface area contributed by atoms with E-state index in [4.69, 9.17) is 4.74 Å². The first-order valence-electron chi connectivity index (χ1n) is 10.0. The van der Waals surface area contributed by atoms with Gasteiger partial charge in [-0.3, -0.25) is 4.90 Å². The van der Waals surface area contributed by atoms with Crippen molar-refractivity contribution in [2.45, 2.75) is 31.3 Å². The monoisotopic (exact) mass is 379 g/mol. The topological polar surface area (TPSA) is 40.3 Å². The molecule has 2 aliphatic heterocycles. The van der Waals surface area contributed by atoms with Gasteiger partial charge in [-0.25, -0.2) is 4.39 Å². The number of H-pyrrole nitrogens is 1. The zero-order valence-electron chi connectivity index (χ0n) is 16.2. The van der Waals surface area contributed by atoms with Gasteiger partial charge >= 0.3 is 0 Å². The smallest absolute Gasteiger partial charge is 0.127 e. The second-order valence-electron chi connectivity index (χ2n) is 8.16. The van der Waals surface area contributed by atoms with E-state index in [0.29, 0.717) is 6.54 Å². The van der Waals surface area contributed by atoms with Crippen molar-refractivity contribution in [3.63, 3.8) is 0 Å². The summed E-state index contributed by atoms with van der Waals surface area (Å²) in [5, 5.41) is 4.82. The van der Waals surface area contributed by atoms with Crippen LogP contribution < -0.4 is 10.1 Å². The highest BCUT2D eigenvalue weighted by Crippen LogP contribution is 2.45. The van der Waals surface area contributed by atoms with Crippen LogP contribution in [0.1, 0.15) is 29.7 Å². The number of fused-ring (bicyclic) bond motifs is 4. The van der Waals surface area contributed by atoms with Gasteiger partial charge in [0.1, 0.15) is 11.6 Å². The highest BCUT2D eigenvalue weighted by atomic mass is 19.1. The molecule has 2 aromatic carbocycles. The van der Waals surface area contributed by atoms with Crippen LogP contribution in [0.15, 0.2) is 42.5 Å². The van der Waals surface area contributed by atoms with Gasteiger partial charge in [0.25, 0.3) is 0 Å². The number of benzene rings is 2. The van der Waals surface area contributed by atoms with Crippen LogP contribution >= 0.6 is 0 Å². The van der Waals surface area contributed by atoms with Crippen molar-refractivity contribution in [1.82, 2.24) is 15.2 Å². The van der Waals surface area contributed by atoms with Gasteiger partial charge in [0.05, 0.1) is 7.11 Å². The highest BCUT2D eigenvalue weighted by Gasteiger charge is 2.42. The van der Waals surface area contributed by atoms with Crippen molar-refractivity contribution >= 4 is 10.9 Å².